The lowest BCUT2D eigenvalue weighted by Crippen LogP contribution is -2.57. The van der Waals surface area contributed by atoms with Gasteiger partial charge in [0, 0.05) is 23.3 Å². The third-order valence-corrected chi connectivity index (χ3v) is 10.2. The van der Waals surface area contributed by atoms with Crippen LogP contribution in [0.4, 0.5) is 4.79 Å². The molecule has 0 unspecified atom stereocenters. The SMILES string of the molecule is CCOC(=O)[C@@]12C[C@H]1/C=C\CCCCC[C@H](NC(=O)OC(C)(C)C)C(=O)N1C[C@@]3(CCc4c(c(C)nc5ccc(C)cc45)O3)C[C@H]1C(=O)N2. The maximum Gasteiger partial charge on any atom is 0.408 e. The quantitative estimate of drug-likeness (QED) is 0.328. The van der Waals surface area contributed by atoms with E-state index in [2.05, 4.69) is 22.8 Å². The summed E-state index contributed by atoms with van der Waals surface area (Å²) in [6.07, 6.45) is 8.96. The van der Waals surface area contributed by atoms with Crippen LogP contribution in [0.2, 0.25) is 0 Å². The molecule has 1 aromatic heterocycles. The number of hydrogen-bond acceptors (Lipinski definition) is 8. The number of benzene rings is 1. The first-order valence-electron chi connectivity index (χ1n) is 17.8. The summed E-state index contributed by atoms with van der Waals surface area (Å²) in [7, 11) is 0. The Hall–Kier alpha value is -4.15. The second-order valence-electron chi connectivity index (χ2n) is 15.3. The fourth-order valence-electron chi connectivity index (χ4n) is 7.70. The predicted molar refractivity (Wildman–Crippen MR) is 184 cm³/mol. The molecular weight excluding hydrogens is 624 g/mol. The number of carbonyl (C=O) groups is 4. The number of esters is 1. The number of nitrogens with zero attached hydrogens (tertiary/aromatic N) is 2. The molecule has 11 heteroatoms. The molecule has 49 heavy (non-hydrogen) atoms. The lowest BCUT2D eigenvalue weighted by molar-refractivity contribution is -0.150. The summed E-state index contributed by atoms with van der Waals surface area (Å²) in [6.45, 7) is 11.4. The zero-order valence-electron chi connectivity index (χ0n) is 29.6. The van der Waals surface area contributed by atoms with Crippen molar-refractivity contribution in [3.05, 3.63) is 47.2 Å². The van der Waals surface area contributed by atoms with E-state index in [1.807, 2.05) is 32.1 Å². The topological polar surface area (TPSA) is 136 Å². The van der Waals surface area contributed by atoms with Gasteiger partial charge in [-0.15, -0.1) is 0 Å². The molecule has 3 aliphatic heterocycles. The van der Waals surface area contributed by atoms with E-state index in [9.17, 15) is 19.2 Å². The summed E-state index contributed by atoms with van der Waals surface area (Å²) >= 11 is 0. The summed E-state index contributed by atoms with van der Waals surface area (Å²) in [5.41, 5.74) is 1.07. The number of alkyl carbamates (subject to hydrolysis) is 1. The highest BCUT2D eigenvalue weighted by molar-refractivity contribution is 5.97. The van der Waals surface area contributed by atoms with Crippen molar-refractivity contribution in [3.63, 3.8) is 0 Å². The Balaban J connectivity index is 1.36. The van der Waals surface area contributed by atoms with Crippen LogP contribution < -0.4 is 15.4 Å². The van der Waals surface area contributed by atoms with Gasteiger partial charge in [0.05, 0.1) is 24.4 Å². The number of ether oxygens (including phenoxy) is 3. The van der Waals surface area contributed by atoms with Gasteiger partial charge in [0.25, 0.3) is 0 Å². The van der Waals surface area contributed by atoms with Crippen molar-refractivity contribution < 1.29 is 33.4 Å². The number of aryl methyl sites for hydroxylation is 3. The first-order chi connectivity index (χ1) is 23.2. The Morgan fingerprint density at radius 3 is 2.69 bits per heavy atom. The Morgan fingerprint density at radius 1 is 1.14 bits per heavy atom. The Morgan fingerprint density at radius 2 is 1.94 bits per heavy atom. The summed E-state index contributed by atoms with van der Waals surface area (Å²) in [6, 6.07) is 4.35. The Bertz CT molecular complexity index is 1680. The van der Waals surface area contributed by atoms with Crippen molar-refractivity contribution in [2.24, 2.45) is 5.92 Å². The molecule has 5 atom stereocenters. The molecule has 1 spiro atoms. The highest BCUT2D eigenvalue weighted by Crippen LogP contribution is 2.48. The van der Waals surface area contributed by atoms with Crippen LogP contribution in [0, 0.1) is 19.8 Å². The molecule has 0 radical (unpaired) electrons. The van der Waals surface area contributed by atoms with Crippen LogP contribution in [0.5, 0.6) is 5.75 Å². The van der Waals surface area contributed by atoms with Crippen LogP contribution in [0.15, 0.2) is 30.4 Å². The smallest absolute Gasteiger partial charge is 0.408 e. The fourth-order valence-corrected chi connectivity index (χ4v) is 7.70. The van der Waals surface area contributed by atoms with Crippen molar-refractivity contribution in [2.75, 3.05) is 13.2 Å². The molecular formula is C38H50N4O7. The van der Waals surface area contributed by atoms with Crippen LogP contribution in [0.1, 0.15) is 95.9 Å². The van der Waals surface area contributed by atoms with Gasteiger partial charge in [0.15, 0.2) is 0 Å². The third kappa shape index (κ3) is 7.12. The van der Waals surface area contributed by atoms with Crippen LogP contribution in [0.25, 0.3) is 10.9 Å². The molecule has 1 aliphatic carbocycles. The van der Waals surface area contributed by atoms with Crippen molar-refractivity contribution >= 4 is 34.8 Å². The van der Waals surface area contributed by atoms with Gasteiger partial charge in [0.2, 0.25) is 11.8 Å². The number of fused-ring (bicyclic) bond motifs is 5. The first kappa shape index (κ1) is 34.7. The summed E-state index contributed by atoms with van der Waals surface area (Å²) in [4.78, 5) is 61.7. The molecule has 1 saturated carbocycles. The molecule has 6 rings (SSSR count). The molecule has 11 nitrogen and oxygen atoms in total. The monoisotopic (exact) mass is 674 g/mol. The largest absolute Gasteiger partial charge is 0.483 e. The van der Waals surface area contributed by atoms with Crippen molar-refractivity contribution in [1.82, 2.24) is 20.5 Å². The molecule has 2 aromatic rings. The van der Waals surface area contributed by atoms with Crippen LogP contribution in [-0.2, 0) is 30.3 Å². The third-order valence-electron chi connectivity index (χ3n) is 10.2. The van der Waals surface area contributed by atoms with E-state index in [-0.39, 0.29) is 31.4 Å². The Labute approximate surface area is 288 Å². The first-order valence-corrected chi connectivity index (χ1v) is 17.8. The zero-order chi connectivity index (χ0) is 35.1. The van der Waals surface area contributed by atoms with Crippen LogP contribution in [-0.4, -0.2) is 75.7 Å². The molecule has 3 amide bonds. The van der Waals surface area contributed by atoms with E-state index in [0.717, 1.165) is 47.0 Å². The highest BCUT2D eigenvalue weighted by atomic mass is 16.6. The maximum atomic E-state index is 14.6. The van der Waals surface area contributed by atoms with Gasteiger partial charge in [-0.3, -0.25) is 9.59 Å². The number of nitrogens with one attached hydrogen (secondary N) is 2. The normalized spacial score (nSPS) is 29.3. The standard InChI is InChI=1S/C38H50N4O7/c1-7-47-34(45)38-20-25(38)13-11-9-8-10-12-14-29(40-35(46)49-36(4,5)6)33(44)42-22-37(21-30(42)32(43)41-38)18-17-26-27-19-23(2)15-16-28(27)39-24(3)31(26)48-37/h11,13,15-16,19,25,29-30H,7-10,12,14,17-18,20-22H2,1-6H3,(H,40,46)(H,41,43)/b13-11-/t25-,29+,30+,37-,38-/m1/s1. The molecule has 2 N–H and O–H groups in total. The zero-order valence-corrected chi connectivity index (χ0v) is 29.6. The number of allylic oxidation sites excluding steroid dienone is 1. The van der Waals surface area contributed by atoms with Crippen LogP contribution in [0.3, 0.4) is 0 Å². The van der Waals surface area contributed by atoms with E-state index in [1.54, 1.807) is 32.6 Å². The van der Waals surface area contributed by atoms with Gasteiger partial charge in [-0.1, -0.05) is 36.6 Å². The molecule has 1 saturated heterocycles. The highest BCUT2D eigenvalue weighted by Gasteiger charge is 2.63. The predicted octanol–water partition coefficient (Wildman–Crippen LogP) is 5.37. The lowest BCUT2D eigenvalue weighted by atomic mass is 9.87. The number of hydrogen-bond donors (Lipinski definition) is 2. The van der Waals surface area contributed by atoms with Crippen molar-refractivity contribution in [3.8, 4) is 5.75 Å². The number of carbonyl (C=O) groups excluding carboxylic acids is 4. The second-order valence-corrected chi connectivity index (χ2v) is 15.3. The molecule has 264 valence electrons. The van der Waals surface area contributed by atoms with E-state index < -0.39 is 46.8 Å². The van der Waals surface area contributed by atoms with Crippen LogP contribution >= 0.6 is 0 Å². The average molecular weight is 675 g/mol. The number of pyridine rings is 1. The molecule has 0 bridgehead atoms. The number of rotatable bonds is 3. The van der Waals surface area contributed by atoms with Gasteiger partial charge in [0.1, 0.15) is 34.6 Å². The minimum Gasteiger partial charge on any atom is -0.483 e. The average Bonchev–Trinajstić information content (AvgIpc) is 3.61. The Kier molecular flexibility index (Phi) is 9.41. The van der Waals surface area contributed by atoms with Crippen molar-refractivity contribution in [2.45, 2.75) is 128 Å². The van der Waals surface area contributed by atoms with Gasteiger partial charge in [-0.25, -0.2) is 14.6 Å². The van der Waals surface area contributed by atoms with Gasteiger partial charge in [-0.05, 0) is 92.2 Å². The van der Waals surface area contributed by atoms with Gasteiger partial charge >= 0.3 is 12.1 Å². The molecule has 4 heterocycles. The summed E-state index contributed by atoms with van der Waals surface area (Å²) in [5.74, 6) is -0.766. The van der Waals surface area contributed by atoms with E-state index in [0.29, 0.717) is 37.9 Å². The molecule has 1 aromatic carbocycles. The summed E-state index contributed by atoms with van der Waals surface area (Å²) in [5, 5.41) is 6.91. The van der Waals surface area contributed by atoms with Crippen molar-refractivity contribution in [1.29, 1.82) is 0 Å². The van der Waals surface area contributed by atoms with E-state index in [4.69, 9.17) is 19.2 Å². The van der Waals surface area contributed by atoms with E-state index in [1.165, 1.54) is 0 Å². The molecule has 4 aliphatic rings. The lowest BCUT2D eigenvalue weighted by Gasteiger charge is -2.37. The maximum absolute atomic E-state index is 14.6. The molecule has 2 fully saturated rings. The fraction of sp³-hybridized carbons (Fsp3) is 0.605. The number of amides is 3. The number of aromatic nitrogens is 1. The van der Waals surface area contributed by atoms with Gasteiger partial charge < -0.3 is 29.7 Å². The summed E-state index contributed by atoms with van der Waals surface area (Å²) < 4.78 is 17.9. The minimum absolute atomic E-state index is 0.150. The minimum atomic E-state index is -1.18. The van der Waals surface area contributed by atoms with E-state index >= 15 is 0 Å². The van der Waals surface area contributed by atoms with Gasteiger partial charge in [-0.2, -0.15) is 0 Å². The second kappa shape index (κ2) is 13.3.